The number of thiocarbonyl (C=S) groups is 1. The van der Waals surface area contributed by atoms with E-state index in [1.165, 1.54) is 24.8 Å². The number of benzene rings is 1. The van der Waals surface area contributed by atoms with Gasteiger partial charge in [0, 0.05) is 0 Å². The number of aryl methyl sites for hydroxylation is 1. The maximum Gasteiger partial charge on any atom is 0.189 e. The Kier molecular flexibility index (Phi) is 4.42. The molecular weight excluding hydrogens is 254 g/mol. The zero-order valence-corrected chi connectivity index (χ0v) is 12.8. The smallest absolute Gasteiger partial charge is 0.189 e. The fourth-order valence-corrected chi connectivity index (χ4v) is 2.72. The number of hydrazine groups is 1. The van der Waals surface area contributed by atoms with E-state index in [1.807, 2.05) is 5.01 Å². The number of unbranched alkanes of at least 4 members (excludes halogenated alkanes) is 2. The Morgan fingerprint density at radius 1 is 1.21 bits per heavy atom. The lowest BCUT2D eigenvalue weighted by Crippen LogP contribution is -2.48. The topological polar surface area (TPSA) is 27.3 Å². The standard InChI is InChI=1S/C15H23N3S/c1-4-5-6-11-15(3)16-14(19)18(17-15)13-9-7-12(2)8-10-13/h7-10,17H,4-6,11H2,1-3H3,(H,16,19)/t15-/m1/s1. The molecule has 3 nitrogen and oxygen atoms in total. The fourth-order valence-electron chi connectivity index (χ4n) is 2.34. The first-order valence-electron chi connectivity index (χ1n) is 7.01. The number of nitrogens with zero attached hydrogens (tertiary/aromatic N) is 1. The molecule has 104 valence electrons. The molecule has 4 heteroatoms. The summed E-state index contributed by atoms with van der Waals surface area (Å²) in [6.07, 6.45) is 4.78. The van der Waals surface area contributed by atoms with E-state index in [2.05, 4.69) is 55.8 Å². The monoisotopic (exact) mass is 277 g/mol. The second-order valence-electron chi connectivity index (χ2n) is 5.50. The number of nitrogens with one attached hydrogen (secondary N) is 2. The van der Waals surface area contributed by atoms with Gasteiger partial charge in [-0.05, 0) is 51.0 Å². The van der Waals surface area contributed by atoms with E-state index in [-0.39, 0.29) is 5.66 Å². The molecule has 0 radical (unpaired) electrons. The van der Waals surface area contributed by atoms with Crippen LogP contribution < -0.4 is 15.8 Å². The van der Waals surface area contributed by atoms with Crippen LogP contribution >= 0.6 is 12.2 Å². The Labute approximate surface area is 121 Å². The predicted octanol–water partition coefficient (Wildman–Crippen LogP) is 3.49. The van der Waals surface area contributed by atoms with E-state index in [0.717, 1.165) is 17.2 Å². The molecule has 0 aliphatic carbocycles. The van der Waals surface area contributed by atoms with Crippen LogP contribution in [0, 0.1) is 6.92 Å². The van der Waals surface area contributed by atoms with Crippen molar-refractivity contribution in [3.63, 3.8) is 0 Å². The molecule has 0 unspecified atom stereocenters. The van der Waals surface area contributed by atoms with Gasteiger partial charge in [0.25, 0.3) is 0 Å². The average Bonchev–Trinajstić information content (AvgIpc) is 2.67. The van der Waals surface area contributed by atoms with Crippen LogP contribution in [0.5, 0.6) is 0 Å². The fraction of sp³-hybridized carbons (Fsp3) is 0.533. The lowest BCUT2D eigenvalue weighted by molar-refractivity contribution is 0.334. The molecular formula is C15H23N3S. The third-order valence-electron chi connectivity index (χ3n) is 3.52. The van der Waals surface area contributed by atoms with Crippen molar-refractivity contribution in [1.82, 2.24) is 10.7 Å². The summed E-state index contributed by atoms with van der Waals surface area (Å²) in [6.45, 7) is 6.48. The molecule has 1 aliphatic heterocycles. The van der Waals surface area contributed by atoms with Crippen LogP contribution in [0.1, 0.15) is 45.1 Å². The first kappa shape index (κ1) is 14.3. The normalized spacial score (nSPS) is 22.7. The van der Waals surface area contributed by atoms with Crippen molar-refractivity contribution in [2.45, 2.75) is 52.1 Å². The van der Waals surface area contributed by atoms with Gasteiger partial charge in [-0.25, -0.2) is 5.43 Å². The molecule has 0 spiro atoms. The SMILES string of the molecule is CCCCC[C@]1(C)NC(=S)N(c2ccc(C)cc2)N1. The van der Waals surface area contributed by atoms with Crippen LogP contribution in [-0.2, 0) is 0 Å². The van der Waals surface area contributed by atoms with Crippen molar-refractivity contribution in [2.24, 2.45) is 0 Å². The summed E-state index contributed by atoms with van der Waals surface area (Å²) in [5, 5.41) is 6.12. The number of hydrogen-bond donors (Lipinski definition) is 2. The minimum Gasteiger partial charge on any atom is -0.342 e. The summed E-state index contributed by atoms with van der Waals surface area (Å²) < 4.78 is 0. The van der Waals surface area contributed by atoms with E-state index in [1.54, 1.807) is 0 Å². The minimum absolute atomic E-state index is 0.128. The van der Waals surface area contributed by atoms with Crippen molar-refractivity contribution in [3.05, 3.63) is 29.8 Å². The minimum atomic E-state index is -0.128. The first-order chi connectivity index (χ1) is 9.04. The highest BCUT2D eigenvalue weighted by atomic mass is 32.1. The predicted molar refractivity (Wildman–Crippen MR) is 85.1 cm³/mol. The molecule has 1 aromatic carbocycles. The highest BCUT2D eigenvalue weighted by Crippen LogP contribution is 2.23. The molecule has 1 aromatic rings. The van der Waals surface area contributed by atoms with Gasteiger partial charge in [-0.15, -0.1) is 0 Å². The van der Waals surface area contributed by atoms with Crippen LogP contribution in [0.4, 0.5) is 5.69 Å². The van der Waals surface area contributed by atoms with Gasteiger partial charge in [-0.3, -0.25) is 5.01 Å². The second-order valence-corrected chi connectivity index (χ2v) is 5.89. The van der Waals surface area contributed by atoms with E-state index < -0.39 is 0 Å². The Hall–Kier alpha value is -1.13. The molecule has 1 saturated heterocycles. The van der Waals surface area contributed by atoms with Crippen molar-refractivity contribution >= 4 is 23.0 Å². The van der Waals surface area contributed by atoms with Crippen molar-refractivity contribution < 1.29 is 0 Å². The van der Waals surface area contributed by atoms with Crippen LogP contribution in [-0.4, -0.2) is 10.8 Å². The molecule has 1 aliphatic rings. The van der Waals surface area contributed by atoms with Gasteiger partial charge in [-0.1, -0.05) is 37.5 Å². The number of hydrogen-bond acceptors (Lipinski definition) is 2. The molecule has 0 bridgehead atoms. The molecule has 19 heavy (non-hydrogen) atoms. The summed E-state index contributed by atoms with van der Waals surface area (Å²) in [6, 6.07) is 8.39. The van der Waals surface area contributed by atoms with Gasteiger partial charge >= 0.3 is 0 Å². The Morgan fingerprint density at radius 2 is 1.89 bits per heavy atom. The van der Waals surface area contributed by atoms with Gasteiger partial charge < -0.3 is 5.32 Å². The summed E-state index contributed by atoms with van der Waals surface area (Å²) in [4.78, 5) is 0. The molecule has 0 aromatic heterocycles. The summed E-state index contributed by atoms with van der Waals surface area (Å²) in [7, 11) is 0. The lowest BCUT2D eigenvalue weighted by atomic mass is 10.1. The quantitative estimate of drug-likeness (QED) is 0.636. The van der Waals surface area contributed by atoms with Crippen LogP contribution in [0.3, 0.4) is 0 Å². The maximum atomic E-state index is 5.44. The highest BCUT2D eigenvalue weighted by molar-refractivity contribution is 7.80. The largest absolute Gasteiger partial charge is 0.342 e. The zero-order chi connectivity index (χ0) is 13.9. The third kappa shape index (κ3) is 3.45. The molecule has 1 atom stereocenters. The highest BCUT2D eigenvalue weighted by Gasteiger charge is 2.35. The summed E-state index contributed by atoms with van der Waals surface area (Å²) >= 11 is 5.44. The van der Waals surface area contributed by atoms with Gasteiger partial charge in [-0.2, -0.15) is 0 Å². The van der Waals surface area contributed by atoms with E-state index >= 15 is 0 Å². The van der Waals surface area contributed by atoms with Crippen molar-refractivity contribution in [1.29, 1.82) is 0 Å². The molecule has 1 heterocycles. The molecule has 2 rings (SSSR count). The average molecular weight is 277 g/mol. The maximum absolute atomic E-state index is 5.44. The van der Waals surface area contributed by atoms with E-state index in [9.17, 15) is 0 Å². The Balaban J connectivity index is 2.04. The van der Waals surface area contributed by atoms with Gasteiger partial charge in [0.15, 0.2) is 5.11 Å². The van der Waals surface area contributed by atoms with E-state index in [0.29, 0.717) is 0 Å². The molecule has 2 N–H and O–H groups in total. The van der Waals surface area contributed by atoms with Gasteiger partial charge in [0.2, 0.25) is 0 Å². The lowest BCUT2D eigenvalue weighted by Gasteiger charge is -2.25. The van der Waals surface area contributed by atoms with Crippen molar-refractivity contribution in [3.8, 4) is 0 Å². The Bertz CT molecular complexity index is 443. The number of rotatable bonds is 5. The van der Waals surface area contributed by atoms with Gasteiger partial charge in [0.1, 0.15) is 5.66 Å². The summed E-state index contributed by atoms with van der Waals surface area (Å²) in [5.41, 5.74) is 5.71. The number of anilines is 1. The molecule has 1 fully saturated rings. The third-order valence-corrected chi connectivity index (χ3v) is 3.80. The zero-order valence-electron chi connectivity index (χ0n) is 12.0. The van der Waals surface area contributed by atoms with Crippen LogP contribution in [0.2, 0.25) is 0 Å². The Morgan fingerprint density at radius 3 is 2.53 bits per heavy atom. The first-order valence-corrected chi connectivity index (χ1v) is 7.42. The van der Waals surface area contributed by atoms with Crippen LogP contribution in [0.25, 0.3) is 0 Å². The van der Waals surface area contributed by atoms with E-state index in [4.69, 9.17) is 12.2 Å². The summed E-state index contributed by atoms with van der Waals surface area (Å²) in [5.74, 6) is 0. The second kappa shape index (κ2) is 5.88. The van der Waals surface area contributed by atoms with Crippen LogP contribution in [0.15, 0.2) is 24.3 Å². The van der Waals surface area contributed by atoms with Crippen molar-refractivity contribution in [2.75, 3.05) is 5.01 Å². The molecule has 0 amide bonds. The van der Waals surface area contributed by atoms with Gasteiger partial charge in [0.05, 0.1) is 5.69 Å². The molecule has 0 saturated carbocycles.